The van der Waals surface area contributed by atoms with E-state index in [9.17, 15) is 4.79 Å². The molecule has 1 rings (SSSR count). The predicted molar refractivity (Wildman–Crippen MR) is 77.1 cm³/mol. The molecule has 0 aliphatic carbocycles. The van der Waals surface area contributed by atoms with Crippen molar-refractivity contribution in [1.82, 2.24) is 15.5 Å². The highest BCUT2D eigenvalue weighted by Crippen LogP contribution is 2.24. The maximum absolute atomic E-state index is 11.9. The quantitative estimate of drug-likeness (QED) is 0.856. The molecule has 106 valence electrons. The van der Waals surface area contributed by atoms with Crippen molar-refractivity contribution in [3.63, 3.8) is 0 Å². The molecular weight excluding hydrogens is 240 g/mol. The lowest BCUT2D eigenvalue weighted by molar-refractivity contribution is 0.0931. The zero-order valence-corrected chi connectivity index (χ0v) is 12.4. The number of aromatic nitrogens is 2. The number of nitrogens with one attached hydrogen (secondary N) is 2. The molecule has 1 unspecified atom stereocenters. The van der Waals surface area contributed by atoms with E-state index in [1.807, 2.05) is 6.92 Å². The maximum Gasteiger partial charge on any atom is 0.271 e. The normalized spacial score (nSPS) is 12.9. The van der Waals surface area contributed by atoms with Gasteiger partial charge in [-0.25, -0.2) is 0 Å². The minimum Gasteiger partial charge on any atom is -0.369 e. The molecule has 0 aliphatic rings. The Kier molecular flexibility index (Phi) is 5.27. The highest BCUT2D eigenvalue weighted by Gasteiger charge is 2.20. The zero-order valence-electron chi connectivity index (χ0n) is 12.4. The zero-order chi connectivity index (χ0) is 14.5. The third kappa shape index (κ3) is 4.85. The van der Waals surface area contributed by atoms with Gasteiger partial charge in [0.2, 0.25) is 0 Å². The summed E-state index contributed by atoms with van der Waals surface area (Å²) in [5, 5.41) is 13.8. The van der Waals surface area contributed by atoms with E-state index in [-0.39, 0.29) is 11.3 Å². The van der Waals surface area contributed by atoms with Gasteiger partial charge in [0, 0.05) is 13.1 Å². The summed E-state index contributed by atoms with van der Waals surface area (Å²) in [6.07, 6.45) is 0. The van der Waals surface area contributed by atoms with E-state index in [2.05, 4.69) is 48.5 Å². The molecular formula is C14H24N4O. The van der Waals surface area contributed by atoms with Gasteiger partial charge in [0.25, 0.3) is 5.91 Å². The van der Waals surface area contributed by atoms with Gasteiger partial charge in [-0.05, 0) is 30.4 Å². The standard InChI is InChI=1S/C14H24N4O/c1-6-15-12-8-7-11(17-18-12)13(19)16-9-10(2)14(3,4)5/h7-8,10H,6,9H2,1-5H3,(H,15,18)(H,16,19). The monoisotopic (exact) mass is 264 g/mol. The van der Waals surface area contributed by atoms with Gasteiger partial charge in [-0.3, -0.25) is 4.79 Å². The first kappa shape index (κ1) is 15.4. The lowest BCUT2D eigenvalue weighted by Gasteiger charge is -2.27. The number of carbonyl (C=O) groups is 1. The fourth-order valence-corrected chi connectivity index (χ4v) is 1.37. The summed E-state index contributed by atoms with van der Waals surface area (Å²) in [7, 11) is 0. The second kappa shape index (κ2) is 6.50. The van der Waals surface area contributed by atoms with Crippen LogP contribution in [0.4, 0.5) is 5.82 Å². The summed E-state index contributed by atoms with van der Waals surface area (Å²) in [5.41, 5.74) is 0.524. The number of nitrogens with zero attached hydrogens (tertiary/aromatic N) is 2. The molecule has 0 radical (unpaired) electrons. The summed E-state index contributed by atoms with van der Waals surface area (Å²) < 4.78 is 0. The summed E-state index contributed by atoms with van der Waals surface area (Å²) in [6, 6.07) is 3.45. The van der Waals surface area contributed by atoms with Gasteiger partial charge in [0.1, 0.15) is 5.82 Å². The van der Waals surface area contributed by atoms with Crippen LogP contribution < -0.4 is 10.6 Å². The van der Waals surface area contributed by atoms with Crippen molar-refractivity contribution >= 4 is 11.7 Å². The molecule has 1 heterocycles. The fourth-order valence-electron chi connectivity index (χ4n) is 1.37. The van der Waals surface area contributed by atoms with Crippen LogP contribution >= 0.6 is 0 Å². The van der Waals surface area contributed by atoms with E-state index >= 15 is 0 Å². The first-order valence-corrected chi connectivity index (χ1v) is 6.70. The van der Waals surface area contributed by atoms with Gasteiger partial charge in [0.15, 0.2) is 5.69 Å². The summed E-state index contributed by atoms with van der Waals surface area (Å²) in [4.78, 5) is 11.9. The molecule has 0 spiro atoms. The van der Waals surface area contributed by atoms with Crippen molar-refractivity contribution < 1.29 is 4.79 Å². The number of hydrogen-bond acceptors (Lipinski definition) is 4. The summed E-state index contributed by atoms with van der Waals surface area (Å²) in [6.45, 7) is 12.0. The Morgan fingerprint density at radius 1 is 1.32 bits per heavy atom. The maximum atomic E-state index is 11.9. The Balaban J connectivity index is 2.54. The Morgan fingerprint density at radius 2 is 2.00 bits per heavy atom. The minimum atomic E-state index is -0.174. The van der Waals surface area contributed by atoms with Crippen molar-refractivity contribution in [3.8, 4) is 0 Å². The second-order valence-corrected chi connectivity index (χ2v) is 5.81. The Labute approximate surface area is 115 Å². The SMILES string of the molecule is CCNc1ccc(C(=O)NCC(C)C(C)(C)C)nn1. The number of carbonyl (C=O) groups excluding carboxylic acids is 1. The molecule has 0 bridgehead atoms. The molecule has 1 aromatic heterocycles. The largest absolute Gasteiger partial charge is 0.369 e. The van der Waals surface area contributed by atoms with E-state index in [1.54, 1.807) is 12.1 Å². The Hall–Kier alpha value is -1.65. The number of rotatable bonds is 5. The van der Waals surface area contributed by atoms with E-state index < -0.39 is 0 Å². The summed E-state index contributed by atoms with van der Waals surface area (Å²) >= 11 is 0. The van der Waals surface area contributed by atoms with Crippen molar-refractivity contribution in [1.29, 1.82) is 0 Å². The minimum absolute atomic E-state index is 0.174. The van der Waals surface area contributed by atoms with Crippen LogP contribution in [0, 0.1) is 11.3 Å². The van der Waals surface area contributed by atoms with Gasteiger partial charge in [0.05, 0.1) is 0 Å². The molecule has 0 aliphatic heterocycles. The smallest absolute Gasteiger partial charge is 0.271 e. The highest BCUT2D eigenvalue weighted by molar-refractivity contribution is 5.92. The number of anilines is 1. The number of hydrogen-bond donors (Lipinski definition) is 2. The molecule has 0 fully saturated rings. The van der Waals surface area contributed by atoms with Gasteiger partial charge in [-0.2, -0.15) is 0 Å². The second-order valence-electron chi connectivity index (χ2n) is 5.81. The average Bonchev–Trinajstić information content (AvgIpc) is 2.35. The van der Waals surface area contributed by atoms with Gasteiger partial charge in [-0.1, -0.05) is 27.7 Å². The lowest BCUT2D eigenvalue weighted by atomic mass is 9.82. The third-order valence-corrected chi connectivity index (χ3v) is 3.30. The first-order valence-electron chi connectivity index (χ1n) is 6.70. The highest BCUT2D eigenvalue weighted by atomic mass is 16.1. The van der Waals surface area contributed by atoms with Crippen LogP contribution in [0.5, 0.6) is 0 Å². The van der Waals surface area contributed by atoms with Gasteiger partial charge >= 0.3 is 0 Å². The lowest BCUT2D eigenvalue weighted by Crippen LogP contribution is -2.34. The third-order valence-electron chi connectivity index (χ3n) is 3.30. The first-order chi connectivity index (χ1) is 8.84. The molecule has 5 heteroatoms. The van der Waals surface area contributed by atoms with E-state index in [1.165, 1.54) is 0 Å². The van der Waals surface area contributed by atoms with Crippen LogP contribution in [-0.4, -0.2) is 29.2 Å². The Morgan fingerprint density at radius 3 is 2.47 bits per heavy atom. The van der Waals surface area contributed by atoms with Crippen molar-refractivity contribution in [2.24, 2.45) is 11.3 Å². The molecule has 0 saturated heterocycles. The van der Waals surface area contributed by atoms with E-state index in [4.69, 9.17) is 0 Å². The molecule has 1 atom stereocenters. The molecule has 5 nitrogen and oxygen atoms in total. The van der Waals surface area contributed by atoms with Crippen molar-refractivity contribution in [3.05, 3.63) is 17.8 Å². The molecule has 19 heavy (non-hydrogen) atoms. The van der Waals surface area contributed by atoms with Crippen LogP contribution in [0.2, 0.25) is 0 Å². The average molecular weight is 264 g/mol. The molecule has 2 N–H and O–H groups in total. The molecule has 1 amide bonds. The molecule has 0 saturated carbocycles. The molecule has 0 aromatic carbocycles. The number of amides is 1. The van der Waals surface area contributed by atoms with Crippen LogP contribution in [0.1, 0.15) is 45.1 Å². The predicted octanol–water partition coefficient (Wildman–Crippen LogP) is 2.32. The molecule has 1 aromatic rings. The van der Waals surface area contributed by atoms with Crippen LogP contribution in [0.15, 0.2) is 12.1 Å². The summed E-state index contributed by atoms with van der Waals surface area (Å²) in [5.74, 6) is 0.902. The topological polar surface area (TPSA) is 66.9 Å². The van der Waals surface area contributed by atoms with Crippen LogP contribution in [0.25, 0.3) is 0 Å². The Bertz CT molecular complexity index is 408. The van der Waals surface area contributed by atoms with Gasteiger partial charge in [-0.15, -0.1) is 10.2 Å². The van der Waals surface area contributed by atoms with Crippen molar-refractivity contribution in [2.45, 2.75) is 34.6 Å². The van der Waals surface area contributed by atoms with Gasteiger partial charge < -0.3 is 10.6 Å². The van der Waals surface area contributed by atoms with Crippen LogP contribution in [-0.2, 0) is 0 Å². The van der Waals surface area contributed by atoms with Crippen molar-refractivity contribution in [2.75, 3.05) is 18.4 Å². The van der Waals surface area contributed by atoms with Crippen LogP contribution in [0.3, 0.4) is 0 Å². The van der Waals surface area contributed by atoms with E-state index in [0.717, 1.165) is 6.54 Å². The van der Waals surface area contributed by atoms with E-state index in [0.29, 0.717) is 24.0 Å². The fraction of sp³-hybridized carbons (Fsp3) is 0.643.